The molecule has 20 heavy (non-hydrogen) atoms. The predicted molar refractivity (Wildman–Crippen MR) is 45.9 cm³/mol. The van der Waals surface area contributed by atoms with Crippen LogP contribution in [-0.2, 0) is 45.4 Å². The van der Waals surface area contributed by atoms with Gasteiger partial charge >= 0.3 is 26.2 Å². The maximum atomic E-state index is 10.1. The summed E-state index contributed by atoms with van der Waals surface area (Å²) in [6, 6.07) is 0. The predicted octanol–water partition coefficient (Wildman–Crippen LogP) is -7.14. The molecular weight excluding hydrogens is 359 g/mol. The molecule has 110 valence electrons. The first-order chi connectivity index (χ1) is 8.42. The Morgan fingerprint density at radius 2 is 1.25 bits per heavy atom. The summed E-state index contributed by atoms with van der Waals surface area (Å²) >= 11 is 0. The third-order valence-electron chi connectivity index (χ3n) is 1.59. The van der Waals surface area contributed by atoms with E-state index in [9.17, 15) is 39.6 Å². The minimum atomic E-state index is -2.97. The maximum absolute atomic E-state index is 10.1. The Kier molecular flexibility index (Phi) is 12.4. The number of aliphatic hydroxyl groups is 2. The van der Waals surface area contributed by atoms with E-state index in [4.69, 9.17) is 10.2 Å². The van der Waals surface area contributed by atoms with Gasteiger partial charge in [0.2, 0.25) is 0 Å². The van der Waals surface area contributed by atoms with Crippen LogP contribution in [0.15, 0.2) is 0 Å². The van der Waals surface area contributed by atoms with Crippen molar-refractivity contribution in [3.8, 4) is 0 Å². The molecule has 0 aromatic rings. The Morgan fingerprint density at radius 3 is 1.35 bits per heavy atom. The maximum Gasteiger partial charge on any atom is 4.00 e. The molecule has 0 aromatic heterocycles. The van der Waals surface area contributed by atoms with E-state index in [0.29, 0.717) is 0 Å². The summed E-state index contributed by atoms with van der Waals surface area (Å²) in [6.45, 7) is 1.13. The smallest absolute Gasteiger partial charge is 0.550 e. The van der Waals surface area contributed by atoms with Gasteiger partial charge in [0.1, 0.15) is 5.60 Å². The van der Waals surface area contributed by atoms with Crippen molar-refractivity contribution >= 4 is 23.9 Å². The Morgan fingerprint density at radius 1 is 1.00 bits per heavy atom. The van der Waals surface area contributed by atoms with Crippen LogP contribution in [-0.4, -0.2) is 45.8 Å². The number of carboxylic acid groups (broad SMARTS) is 4. The second-order valence-electron chi connectivity index (χ2n) is 3.41. The summed E-state index contributed by atoms with van der Waals surface area (Å²) in [5, 5.41) is 56.2. The molecule has 0 aliphatic rings. The van der Waals surface area contributed by atoms with Gasteiger partial charge in [-0.15, -0.1) is 0 Å². The SMILES string of the molecule is CC(O)C(=O)[O-].O=C([O-])CC(O)(CC(=O)[O-])C(=O)[O-].[Zr+4]. The number of rotatable bonds is 6. The molecule has 0 amide bonds. The summed E-state index contributed by atoms with van der Waals surface area (Å²) in [5.74, 6) is -7.42. The van der Waals surface area contributed by atoms with Crippen molar-refractivity contribution in [3.63, 3.8) is 0 Å². The molecule has 0 radical (unpaired) electrons. The van der Waals surface area contributed by atoms with Gasteiger partial charge in [0.25, 0.3) is 0 Å². The first kappa shape index (κ1) is 23.8. The topological polar surface area (TPSA) is 201 Å². The third kappa shape index (κ3) is 11.8. The number of aliphatic carboxylic acids is 4. The fourth-order valence-electron chi connectivity index (χ4n) is 0.684. The normalized spacial score (nSPS) is 11.2. The van der Waals surface area contributed by atoms with Crippen LogP contribution >= 0.6 is 0 Å². The molecule has 0 heterocycles. The van der Waals surface area contributed by atoms with Crippen LogP contribution in [0.25, 0.3) is 0 Å². The van der Waals surface area contributed by atoms with E-state index in [2.05, 4.69) is 0 Å². The third-order valence-corrected chi connectivity index (χ3v) is 1.59. The van der Waals surface area contributed by atoms with Crippen molar-refractivity contribution in [2.75, 3.05) is 0 Å². The second-order valence-corrected chi connectivity index (χ2v) is 3.41. The van der Waals surface area contributed by atoms with Gasteiger partial charge < -0.3 is 49.8 Å². The largest absolute Gasteiger partial charge is 4.00 e. The van der Waals surface area contributed by atoms with Crippen molar-refractivity contribution in [1.82, 2.24) is 0 Å². The first-order valence-corrected chi connectivity index (χ1v) is 4.65. The number of hydrogen-bond donors (Lipinski definition) is 2. The molecule has 0 rings (SSSR count). The average molecular weight is 369 g/mol. The van der Waals surface area contributed by atoms with Crippen molar-refractivity contribution in [3.05, 3.63) is 0 Å². The van der Waals surface area contributed by atoms with Crippen molar-refractivity contribution in [1.29, 1.82) is 0 Å². The average Bonchev–Trinajstić information content (AvgIpc) is 2.14. The minimum Gasteiger partial charge on any atom is -0.550 e. The van der Waals surface area contributed by atoms with Crippen LogP contribution in [0.2, 0.25) is 0 Å². The standard InChI is InChI=1S/C6H8O7.C3H6O3.Zr/c7-3(8)1-6(13,5(11)12)2-4(9)10;1-2(4)3(5)6;/h13H,1-2H2,(H,7,8)(H,9,10)(H,11,12);2,4H,1H3,(H,5,6);/q;;+4/p-4. The van der Waals surface area contributed by atoms with E-state index in [1.165, 1.54) is 0 Å². The van der Waals surface area contributed by atoms with Gasteiger partial charge in [-0.25, -0.2) is 0 Å². The fraction of sp³-hybridized carbons (Fsp3) is 0.556. The van der Waals surface area contributed by atoms with Crippen LogP contribution in [0.3, 0.4) is 0 Å². The Hall–Kier alpha value is -1.32. The summed E-state index contributed by atoms with van der Waals surface area (Å²) in [7, 11) is 0. The molecular formula is C9H10O10Zr. The quantitative estimate of drug-likeness (QED) is 0.453. The summed E-state index contributed by atoms with van der Waals surface area (Å²) in [6.07, 6.45) is -4.06. The minimum absolute atomic E-state index is 0. The van der Waals surface area contributed by atoms with E-state index in [-0.39, 0.29) is 26.2 Å². The van der Waals surface area contributed by atoms with Crippen LogP contribution in [0, 0.1) is 0 Å². The van der Waals surface area contributed by atoms with Gasteiger partial charge in [-0.1, -0.05) is 0 Å². The van der Waals surface area contributed by atoms with Gasteiger partial charge in [0.15, 0.2) is 0 Å². The molecule has 11 heteroatoms. The number of carbonyl (C=O) groups excluding carboxylic acids is 4. The van der Waals surface area contributed by atoms with Crippen molar-refractivity contribution in [2.24, 2.45) is 0 Å². The molecule has 1 atom stereocenters. The van der Waals surface area contributed by atoms with Crippen molar-refractivity contribution < 1.29 is 76.0 Å². The van der Waals surface area contributed by atoms with E-state index in [1.807, 2.05) is 0 Å². The van der Waals surface area contributed by atoms with E-state index in [1.54, 1.807) is 0 Å². The van der Waals surface area contributed by atoms with Crippen LogP contribution in [0.1, 0.15) is 19.8 Å². The van der Waals surface area contributed by atoms with Gasteiger partial charge in [-0.2, -0.15) is 0 Å². The number of aliphatic hydroxyl groups excluding tert-OH is 1. The molecule has 0 saturated heterocycles. The van der Waals surface area contributed by atoms with Crippen molar-refractivity contribution in [2.45, 2.75) is 31.5 Å². The molecule has 0 aliphatic heterocycles. The second kappa shape index (κ2) is 10.5. The Bertz CT molecular complexity index is 348. The summed E-state index contributed by atoms with van der Waals surface area (Å²) in [4.78, 5) is 39.3. The molecule has 0 bridgehead atoms. The number of hydrogen-bond acceptors (Lipinski definition) is 10. The van der Waals surface area contributed by atoms with E-state index < -0.39 is 48.4 Å². The van der Waals surface area contributed by atoms with E-state index >= 15 is 0 Å². The van der Waals surface area contributed by atoms with Crippen LogP contribution in [0.5, 0.6) is 0 Å². The van der Waals surface area contributed by atoms with Gasteiger partial charge in [0, 0.05) is 24.8 Å². The zero-order chi connectivity index (χ0) is 15.8. The summed E-state index contributed by atoms with van der Waals surface area (Å²) in [5.41, 5.74) is -2.97. The van der Waals surface area contributed by atoms with Crippen LogP contribution in [0.4, 0.5) is 0 Å². The van der Waals surface area contributed by atoms with Crippen LogP contribution < -0.4 is 20.4 Å². The monoisotopic (exact) mass is 368 g/mol. The van der Waals surface area contributed by atoms with E-state index in [0.717, 1.165) is 6.92 Å². The summed E-state index contributed by atoms with van der Waals surface area (Å²) < 4.78 is 0. The van der Waals surface area contributed by atoms with Gasteiger partial charge in [0.05, 0.1) is 18.0 Å². The Balaban J connectivity index is -0.000000352. The first-order valence-electron chi connectivity index (χ1n) is 4.65. The van der Waals surface area contributed by atoms with Gasteiger partial charge in [-0.05, 0) is 6.92 Å². The fourth-order valence-corrected chi connectivity index (χ4v) is 0.684. The Labute approximate surface area is 131 Å². The molecule has 0 spiro atoms. The number of carbonyl (C=O) groups is 4. The molecule has 1 unspecified atom stereocenters. The number of carboxylic acids is 4. The zero-order valence-electron chi connectivity index (χ0n) is 10.2. The molecule has 10 nitrogen and oxygen atoms in total. The molecule has 0 aliphatic carbocycles. The molecule has 0 fully saturated rings. The van der Waals surface area contributed by atoms with Gasteiger partial charge in [-0.3, -0.25) is 0 Å². The molecule has 0 aromatic carbocycles. The molecule has 0 saturated carbocycles. The zero-order valence-corrected chi connectivity index (χ0v) is 12.6. The molecule has 2 N–H and O–H groups in total.